The molecule has 0 heterocycles. The maximum atomic E-state index is 10.9. The Kier molecular flexibility index (Phi) is 3.39. The standard InChI is InChI=1S/C6H13N3O2/c1-3(2)11-6(10)4(7)5(8)9/h3H,7-9H2,1-2H3/p+1. The molecule has 0 fully saturated rings. The minimum Gasteiger partial charge on any atom is -0.458 e. The average molecular weight is 160 g/mol. The molecule has 0 aromatic heterocycles. The van der Waals surface area contributed by atoms with Gasteiger partial charge in [-0.2, -0.15) is 0 Å². The van der Waals surface area contributed by atoms with Crippen molar-refractivity contribution in [3.63, 3.8) is 0 Å². The molecular formula is C6H14N3O2+. The maximum Gasteiger partial charge on any atom is 0.362 e. The fourth-order valence-corrected chi connectivity index (χ4v) is 0.409. The van der Waals surface area contributed by atoms with Gasteiger partial charge in [-0.3, -0.25) is 0 Å². The number of hydrogen-bond acceptors (Lipinski definition) is 4. The van der Waals surface area contributed by atoms with Crippen LogP contribution in [-0.4, -0.2) is 12.1 Å². The molecule has 0 spiro atoms. The lowest BCUT2D eigenvalue weighted by Crippen LogP contribution is -2.54. The van der Waals surface area contributed by atoms with E-state index in [9.17, 15) is 4.79 Å². The van der Waals surface area contributed by atoms with Crippen LogP contribution in [0.25, 0.3) is 0 Å². The van der Waals surface area contributed by atoms with Crippen molar-refractivity contribution in [1.29, 1.82) is 0 Å². The van der Waals surface area contributed by atoms with Crippen LogP contribution >= 0.6 is 0 Å². The minimum atomic E-state index is -0.618. The number of quaternary nitrogens is 1. The highest BCUT2D eigenvalue weighted by molar-refractivity contribution is 5.87. The first kappa shape index (κ1) is 9.77. The smallest absolute Gasteiger partial charge is 0.362 e. The third kappa shape index (κ3) is 3.47. The van der Waals surface area contributed by atoms with Crippen molar-refractivity contribution in [3.8, 4) is 0 Å². The van der Waals surface area contributed by atoms with Crippen molar-refractivity contribution in [2.24, 2.45) is 11.5 Å². The second-order valence-corrected chi connectivity index (χ2v) is 2.39. The summed E-state index contributed by atoms with van der Waals surface area (Å²) in [5, 5.41) is 0. The van der Waals surface area contributed by atoms with Crippen LogP contribution < -0.4 is 17.2 Å². The van der Waals surface area contributed by atoms with E-state index in [-0.39, 0.29) is 17.6 Å². The number of carbonyl (C=O) groups excluding carboxylic acids is 1. The Hall–Kier alpha value is -1.23. The highest BCUT2D eigenvalue weighted by atomic mass is 16.5. The number of nitrogens with two attached hydrogens (primary N) is 2. The van der Waals surface area contributed by atoms with Gasteiger partial charge in [0.05, 0.1) is 6.10 Å². The molecule has 5 nitrogen and oxygen atoms in total. The van der Waals surface area contributed by atoms with Gasteiger partial charge in [-0.05, 0) is 13.8 Å². The van der Waals surface area contributed by atoms with Crippen molar-refractivity contribution in [2.45, 2.75) is 20.0 Å². The van der Waals surface area contributed by atoms with Gasteiger partial charge in [0.15, 0.2) is 5.70 Å². The first-order valence-electron chi connectivity index (χ1n) is 3.23. The van der Waals surface area contributed by atoms with Gasteiger partial charge in [0, 0.05) is 0 Å². The molecule has 64 valence electrons. The summed E-state index contributed by atoms with van der Waals surface area (Å²) in [6.45, 7) is 3.45. The van der Waals surface area contributed by atoms with Gasteiger partial charge in [-0.25, -0.2) is 4.79 Å². The van der Waals surface area contributed by atoms with E-state index >= 15 is 0 Å². The number of esters is 1. The van der Waals surface area contributed by atoms with Crippen LogP contribution in [0, 0.1) is 0 Å². The Labute approximate surface area is 65.2 Å². The van der Waals surface area contributed by atoms with Crippen molar-refractivity contribution in [1.82, 2.24) is 0 Å². The van der Waals surface area contributed by atoms with Gasteiger partial charge in [0.2, 0.25) is 5.82 Å². The Morgan fingerprint density at radius 3 is 2.18 bits per heavy atom. The zero-order valence-electron chi connectivity index (χ0n) is 6.76. The Morgan fingerprint density at radius 1 is 1.45 bits per heavy atom. The molecule has 0 radical (unpaired) electrons. The monoisotopic (exact) mass is 160 g/mol. The number of ether oxygens (including phenoxy) is 1. The second kappa shape index (κ2) is 3.82. The van der Waals surface area contributed by atoms with E-state index in [1.54, 1.807) is 13.8 Å². The highest BCUT2D eigenvalue weighted by Crippen LogP contribution is 1.94. The van der Waals surface area contributed by atoms with Crippen LogP contribution in [0.4, 0.5) is 0 Å². The first-order chi connectivity index (χ1) is 4.95. The fraction of sp³-hybridized carbons (Fsp3) is 0.500. The number of hydrogen-bond donors (Lipinski definition) is 3. The second-order valence-electron chi connectivity index (χ2n) is 2.39. The zero-order valence-corrected chi connectivity index (χ0v) is 6.76. The quantitative estimate of drug-likeness (QED) is 0.329. The van der Waals surface area contributed by atoms with Crippen LogP contribution in [0.5, 0.6) is 0 Å². The van der Waals surface area contributed by atoms with Crippen LogP contribution in [0.3, 0.4) is 0 Å². The van der Waals surface area contributed by atoms with Gasteiger partial charge in [0.1, 0.15) is 0 Å². The Bertz CT molecular complexity index is 182. The van der Waals surface area contributed by atoms with Crippen molar-refractivity contribution >= 4 is 5.97 Å². The van der Waals surface area contributed by atoms with E-state index in [1.165, 1.54) is 0 Å². The summed E-state index contributed by atoms with van der Waals surface area (Å²) in [6, 6.07) is 0. The van der Waals surface area contributed by atoms with E-state index in [1.807, 2.05) is 0 Å². The van der Waals surface area contributed by atoms with Gasteiger partial charge in [-0.1, -0.05) is 0 Å². The predicted octanol–water partition coefficient (Wildman–Crippen LogP) is -1.73. The molecule has 0 aliphatic rings. The van der Waals surface area contributed by atoms with E-state index < -0.39 is 5.97 Å². The van der Waals surface area contributed by atoms with Crippen molar-refractivity contribution in [3.05, 3.63) is 11.5 Å². The lowest BCUT2D eigenvalue weighted by Gasteiger charge is -2.06. The third-order valence-corrected chi connectivity index (χ3v) is 0.909. The molecule has 5 heteroatoms. The van der Waals surface area contributed by atoms with Gasteiger partial charge in [0.25, 0.3) is 0 Å². The first-order valence-corrected chi connectivity index (χ1v) is 3.23. The number of carbonyl (C=O) groups is 1. The van der Waals surface area contributed by atoms with Crippen molar-refractivity contribution in [2.75, 3.05) is 0 Å². The van der Waals surface area contributed by atoms with Crippen LogP contribution in [-0.2, 0) is 9.53 Å². The lowest BCUT2D eigenvalue weighted by atomic mass is 10.4. The fourth-order valence-electron chi connectivity index (χ4n) is 0.409. The van der Waals surface area contributed by atoms with Crippen LogP contribution in [0.15, 0.2) is 11.5 Å². The lowest BCUT2D eigenvalue weighted by molar-refractivity contribution is -0.306. The zero-order chi connectivity index (χ0) is 9.02. The van der Waals surface area contributed by atoms with Crippen molar-refractivity contribution < 1.29 is 15.3 Å². The largest absolute Gasteiger partial charge is 0.458 e. The molecule has 11 heavy (non-hydrogen) atoms. The van der Waals surface area contributed by atoms with Crippen LogP contribution in [0.1, 0.15) is 13.8 Å². The normalized spacial score (nSPS) is 12.7. The number of rotatable bonds is 2. The summed E-state index contributed by atoms with van der Waals surface area (Å²) in [5.74, 6) is -0.580. The molecule has 0 aliphatic carbocycles. The summed E-state index contributed by atoms with van der Waals surface area (Å²) < 4.78 is 4.73. The molecular weight excluding hydrogens is 146 g/mol. The van der Waals surface area contributed by atoms with E-state index in [2.05, 4.69) is 5.73 Å². The summed E-state index contributed by atoms with van der Waals surface area (Å²) in [7, 11) is 0. The summed E-state index contributed by atoms with van der Waals surface area (Å²) >= 11 is 0. The van der Waals surface area contributed by atoms with Gasteiger partial charge >= 0.3 is 5.97 Å². The van der Waals surface area contributed by atoms with E-state index in [0.717, 1.165) is 0 Å². The van der Waals surface area contributed by atoms with Gasteiger partial charge < -0.3 is 21.9 Å². The molecule has 0 aromatic rings. The summed E-state index contributed by atoms with van der Waals surface area (Å²) in [6.07, 6.45) is -0.194. The summed E-state index contributed by atoms with van der Waals surface area (Å²) in [5.41, 5.74) is 13.6. The molecule has 0 saturated carbocycles. The molecule has 0 saturated heterocycles. The predicted molar refractivity (Wildman–Crippen MR) is 39.5 cm³/mol. The highest BCUT2D eigenvalue weighted by Gasteiger charge is 2.12. The van der Waals surface area contributed by atoms with E-state index in [0.29, 0.717) is 0 Å². The Balaban J connectivity index is 4.17. The molecule has 0 aromatic carbocycles. The Morgan fingerprint density at radius 2 is 1.91 bits per heavy atom. The molecule has 7 N–H and O–H groups in total. The van der Waals surface area contributed by atoms with Crippen LogP contribution in [0.2, 0.25) is 0 Å². The third-order valence-electron chi connectivity index (χ3n) is 0.909. The molecule has 0 amide bonds. The topological polar surface area (TPSA) is 106 Å². The summed E-state index contributed by atoms with van der Waals surface area (Å²) in [4.78, 5) is 10.9. The van der Waals surface area contributed by atoms with E-state index in [4.69, 9.17) is 16.2 Å². The average Bonchev–Trinajstić information content (AvgIpc) is 1.84. The molecule has 0 aliphatic heterocycles. The molecule has 0 rings (SSSR count). The maximum absolute atomic E-state index is 10.9. The minimum absolute atomic E-state index is 0.0376. The SMILES string of the molecule is CC(C)OC(=O)C(N)=C(N)[NH3+]. The van der Waals surface area contributed by atoms with Gasteiger partial charge in [-0.15, -0.1) is 0 Å². The molecule has 0 unspecified atom stereocenters. The molecule has 0 atom stereocenters. The molecule has 0 bridgehead atoms.